The maximum absolute atomic E-state index is 13.2. The first kappa shape index (κ1) is 16.7. The van der Waals surface area contributed by atoms with Crippen molar-refractivity contribution in [3.63, 3.8) is 0 Å². The van der Waals surface area contributed by atoms with E-state index in [0.717, 1.165) is 22.3 Å². The molecule has 4 nitrogen and oxygen atoms in total. The van der Waals surface area contributed by atoms with Gasteiger partial charge in [-0.1, -0.05) is 22.0 Å². The lowest BCUT2D eigenvalue weighted by atomic mass is 10.2. The number of halogens is 3. The molecule has 0 saturated carbocycles. The van der Waals surface area contributed by atoms with Crippen molar-refractivity contribution in [1.82, 2.24) is 4.90 Å². The van der Waals surface area contributed by atoms with Gasteiger partial charge in [-0.3, -0.25) is 0 Å². The largest absolute Gasteiger partial charge is 0.368 e. The number of urea groups is 1. The predicted molar refractivity (Wildman–Crippen MR) is 93.3 cm³/mol. The smallest absolute Gasteiger partial charge is 0.321 e. The van der Waals surface area contributed by atoms with Crippen LogP contribution in [-0.2, 0) is 0 Å². The van der Waals surface area contributed by atoms with Crippen LogP contribution in [0.1, 0.15) is 0 Å². The van der Waals surface area contributed by atoms with Crippen LogP contribution < -0.4 is 10.2 Å². The molecule has 3 rings (SSSR count). The number of piperazine rings is 1. The predicted octanol–water partition coefficient (Wildman–Crippen LogP) is 4.08. The van der Waals surface area contributed by atoms with Crippen molar-refractivity contribution in [2.24, 2.45) is 0 Å². The van der Waals surface area contributed by atoms with E-state index in [-0.39, 0.29) is 11.7 Å². The number of amides is 2. The maximum atomic E-state index is 13.2. The summed E-state index contributed by atoms with van der Waals surface area (Å²) in [5, 5.41) is 2.60. The molecule has 0 unspecified atom stereocenters. The highest BCUT2D eigenvalue weighted by Gasteiger charge is 2.21. The minimum absolute atomic E-state index is 0.244. The van der Waals surface area contributed by atoms with Crippen LogP contribution in [0.4, 0.5) is 25.0 Å². The lowest BCUT2D eigenvalue weighted by Gasteiger charge is -2.36. The van der Waals surface area contributed by atoms with Gasteiger partial charge < -0.3 is 15.1 Å². The van der Waals surface area contributed by atoms with E-state index in [2.05, 4.69) is 26.1 Å². The van der Waals surface area contributed by atoms with E-state index in [1.807, 2.05) is 24.3 Å². The number of anilines is 2. The van der Waals surface area contributed by atoms with E-state index in [9.17, 15) is 13.6 Å². The molecule has 0 radical (unpaired) electrons. The first-order valence-electron chi connectivity index (χ1n) is 7.54. The fraction of sp³-hybridized carbons (Fsp3) is 0.235. The number of hydrogen-bond acceptors (Lipinski definition) is 2. The summed E-state index contributed by atoms with van der Waals surface area (Å²) in [5.74, 6) is -1.91. The molecular formula is C17H16BrF2N3O. The molecular weight excluding hydrogens is 380 g/mol. The summed E-state index contributed by atoms with van der Waals surface area (Å²) in [6, 6.07) is 11.0. The number of benzene rings is 2. The van der Waals surface area contributed by atoms with E-state index in [0.29, 0.717) is 26.2 Å². The monoisotopic (exact) mass is 395 g/mol. The molecule has 2 aromatic carbocycles. The van der Waals surface area contributed by atoms with E-state index in [1.54, 1.807) is 4.90 Å². The molecule has 1 N–H and O–H groups in total. The lowest BCUT2D eigenvalue weighted by Crippen LogP contribution is -2.50. The van der Waals surface area contributed by atoms with Gasteiger partial charge in [0.05, 0.1) is 0 Å². The zero-order valence-corrected chi connectivity index (χ0v) is 14.4. The Bertz CT molecular complexity index is 748. The number of carbonyl (C=O) groups excluding carboxylic acids is 1. The average Bonchev–Trinajstić information content (AvgIpc) is 2.58. The van der Waals surface area contributed by atoms with Crippen molar-refractivity contribution >= 4 is 33.3 Å². The second-order valence-corrected chi connectivity index (χ2v) is 6.43. The normalized spacial score (nSPS) is 14.6. The van der Waals surface area contributed by atoms with Crippen LogP contribution in [0.2, 0.25) is 0 Å². The van der Waals surface area contributed by atoms with Crippen LogP contribution >= 0.6 is 15.9 Å². The van der Waals surface area contributed by atoms with E-state index in [4.69, 9.17) is 0 Å². The van der Waals surface area contributed by atoms with Crippen LogP contribution in [0.3, 0.4) is 0 Å². The summed E-state index contributed by atoms with van der Waals surface area (Å²) in [4.78, 5) is 16.1. The molecule has 24 heavy (non-hydrogen) atoms. The zero-order chi connectivity index (χ0) is 17.1. The molecule has 2 amide bonds. The van der Waals surface area contributed by atoms with Gasteiger partial charge in [-0.05, 0) is 30.3 Å². The van der Waals surface area contributed by atoms with Crippen molar-refractivity contribution in [1.29, 1.82) is 0 Å². The molecule has 1 aliphatic heterocycles. The van der Waals surface area contributed by atoms with Crippen molar-refractivity contribution in [2.75, 3.05) is 36.4 Å². The van der Waals surface area contributed by atoms with Crippen molar-refractivity contribution < 1.29 is 13.6 Å². The molecule has 0 aromatic heterocycles. The summed E-state index contributed by atoms with van der Waals surface area (Å²) in [5.41, 5.74) is 1.35. The maximum Gasteiger partial charge on any atom is 0.321 e. The van der Waals surface area contributed by atoms with Crippen LogP contribution in [0.15, 0.2) is 46.9 Å². The van der Waals surface area contributed by atoms with Crippen LogP contribution in [-0.4, -0.2) is 37.1 Å². The second-order valence-electron chi connectivity index (χ2n) is 5.51. The number of nitrogens with one attached hydrogen (secondary N) is 1. The first-order chi connectivity index (χ1) is 11.5. The van der Waals surface area contributed by atoms with Gasteiger partial charge in [0.1, 0.15) is 0 Å². The van der Waals surface area contributed by atoms with Crippen molar-refractivity contribution in [3.05, 3.63) is 58.6 Å². The number of carbonyl (C=O) groups is 1. The summed E-state index contributed by atoms with van der Waals surface area (Å²) in [6.45, 7) is 2.54. The molecule has 126 valence electrons. The molecule has 2 aromatic rings. The highest BCUT2D eigenvalue weighted by atomic mass is 79.9. The van der Waals surface area contributed by atoms with Gasteiger partial charge >= 0.3 is 6.03 Å². The minimum atomic E-state index is -0.979. The summed E-state index contributed by atoms with van der Waals surface area (Å²) in [6.07, 6.45) is 0. The molecule has 0 bridgehead atoms. The standard InChI is InChI=1S/C17H16BrF2N3O/c18-12-2-1-3-14(10-12)22-6-8-23(9-7-22)17(24)21-13-4-5-15(19)16(20)11-13/h1-5,10-11H,6-9H2,(H,21,24). The SMILES string of the molecule is O=C(Nc1ccc(F)c(F)c1)N1CCN(c2cccc(Br)c2)CC1. The van der Waals surface area contributed by atoms with E-state index >= 15 is 0 Å². The summed E-state index contributed by atoms with van der Waals surface area (Å²) in [7, 11) is 0. The Labute approximate surface area is 147 Å². The fourth-order valence-corrected chi connectivity index (χ4v) is 3.00. The summed E-state index contributed by atoms with van der Waals surface area (Å²) < 4.78 is 27.1. The van der Waals surface area contributed by atoms with Gasteiger partial charge in [-0.2, -0.15) is 0 Å². The third-order valence-electron chi connectivity index (χ3n) is 3.91. The Morgan fingerprint density at radius 3 is 2.42 bits per heavy atom. The fourth-order valence-electron chi connectivity index (χ4n) is 2.62. The molecule has 1 heterocycles. The van der Waals surface area contributed by atoms with Gasteiger partial charge in [-0.25, -0.2) is 13.6 Å². The Kier molecular flexibility index (Phi) is 4.99. The number of hydrogen-bond donors (Lipinski definition) is 1. The second kappa shape index (κ2) is 7.17. The molecule has 1 fully saturated rings. The third kappa shape index (κ3) is 3.84. The Hall–Kier alpha value is -2.15. The summed E-state index contributed by atoms with van der Waals surface area (Å²) >= 11 is 3.45. The van der Waals surface area contributed by atoms with E-state index < -0.39 is 11.6 Å². The van der Waals surface area contributed by atoms with Gasteiger partial charge in [0.15, 0.2) is 11.6 Å². The van der Waals surface area contributed by atoms with Crippen LogP contribution in [0.25, 0.3) is 0 Å². The molecule has 0 aliphatic carbocycles. The minimum Gasteiger partial charge on any atom is -0.368 e. The molecule has 0 atom stereocenters. The zero-order valence-electron chi connectivity index (χ0n) is 12.8. The Morgan fingerprint density at radius 2 is 1.75 bits per heavy atom. The molecule has 1 aliphatic rings. The Morgan fingerprint density at radius 1 is 1.00 bits per heavy atom. The van der Waals surface area contributed by atoms with Crippen molar-refractivity contribution in [2.45, 2.75) is 0 Å². The van der Waals surface area contributed by atoms with Gasteiger partial charge in [0, 0.05) is 48.1 Å². The van der Waals surface area contributed by atoms with Gasteiger partial charge in [0.25, 0.3) is 0 Å². The average molecular weight is 396 g/mol. The molecule has 7 heteroatoms. The van der Waals surface area contributed by atoms with Crippen LogP contribution in [0, 0.1) is 11.6 Å². The Balaban J connectivity index is 1.58. The molecule has 1 saturated heterocycles. The van der Waals surface area contributed by atoms with Crippen LogP contribution in [0.5, 0.6) is 0 Å². The number of rotatable bonds is 2. The van der Waals surface area contributed by atoms with E-state index in [1.165, 1.54) is 6.07 Å². The lowest BCUT2D eigenvalue weighted by molar-refractivity contribution is 0.208. The van der Waals surface area contributed by atoms with Gasteiger partial charge in [-0.15, -0.1) is 0 Å². The first-order valence-corrected chi connectivity index (χ1v) is 8.34. The third-order valence-corrected chi connectivity index (χ3v) is 4.40. The highest BCUT2D eigenvalue weighted by molar-refractivity contribution is 9.10. The quantitative estimate of drug-likeness (QED) is 0.831. The topological polar surface area (TPSA) is 35.6 Å². The molecule has 0 spiro atoms. The number of nitrogens with zero attached hydrogens (tertiary/aromatic N) is 2. The highest BCUT2D eigenvalue weighted by Crippen LogP contribution is 2.21. The van der Waals surface area contributed by atoms with Crippen molar-refractivity contribution in [3.8, 4) is 0 Å². The van der Waals surface area contributed by atoms with Gasteiger partial charge in [0.2, 0.25) is 0 Å².